The number of amides is 2. The Labute approximate surface area is 206 Å². The lowest BCUT2D eigenvalue weighted by molar-refractivity contribution is -0.139. The third-order valence-electron chi connectivity index (χ3n) is 4.93. The van der Waals surface area contributed by atoms with Crippen molar-refractivity contribution in [2.24, 2.45) is 0 Å². The van der Waals surface area contributed by atoms with Crippen molar-refractivity contribution in [3.8, 4) is 0 Å². The fourth-order valence-electron chi connectivity index (χ4n) is 3.63. The zero-order valence-corrected chi connectivity index (χ0v) is 21.7. The molecular formula is C25H32Cl2N2O2S. The maximum absolute atomic E-state index is 13.3. The molecule has 2 aromatic carbocycles. The van der Waals surface area contributed by atoms with Gasteiger partial charge in [0.1, 0.15) is 6.04 Å². The van der Waals surface area contributed by atoms with E-state index in [1.165, 1.54) is 16.7 Å². The van der Waals surface area contributed by atoms with Crippen molar-refractivity contribution in [1.29, 1.82) is 0 Å². The van der Waals surface area contributed by atoms with E-state index in [0.717, 1.165) is 11.3 Å². The van der Waals surface area contributed by atoms with Gasteiger partial charge in [0.2, 0.25) is 11.8 Å². The minimum Gasteiger partial charge on any atom is -0.352 e. The molecule has 0 bridgehead atoms. The molecule has 2 aromatic rings. The quantitative estimate of drug-likeness (QED) is 0.429. The van der Waals surface area contributed by atoms with Crippen molar-refractivity contribution in [3.63, 3.8) is 0 Å². The Hall–Kier alpha value is -1.69. The number of benzene rings is 2. The topological polar surface area (TPSA) is 49.4 Å². The summed E-state index contributed by atoms with van der Waals surface area (Å²) >= 11 is 13.8. The molecule has 1 N–H and O–H groups in total. The van der Waals surface area contributed by atoms with E-state index in [1.807, 2.05) is 26.8 Å². The van der Waals surface area contributed by atoms with Gasteiger partial charge in [-0.25, -0.2) is 0 Å². The number of thioether (sulfide) groups is 1. The largest absolute Gasteiger partial charge is 0.352 e. The van der Waals surface area contributed by atoms with Gasteiger partial charge in [-0.2, -0.15) is 0 Å². The minimum atomic E-state index is -0.554. The lowest BCUT2D eigenvalue weighted by atomic mass is 10.1. The Bertz CT molecular complexity index is 929. The second-order valence-corrected chi connectivity index (χ2v) is 10.1. The van der Waals surface area contributed by atoms with E-state index >= 15 is 0 Å². The molecule has 0 saturated heterocycles. The van der Waals surface area contributed by atoms with Gasteiger partial charge in [-0.15, -0.1) is 11.8 Å². The van der Waals surface area contributed by atoms with E-state index in [0.29, 0.717) is 28.8 Å². The van der Waals surface area contributed by atoms with Gasteiger partial charge < -0.3 is 10.2 Å². The lowest BCUT2D eigenvalue weighted by Gasteiger charge is -2.31. The van der Waals surface area contributed by atoms with Crippen molar-refractivity contribution in [3.05, 3.63) is 68.7 Å². The van der Waals surface area contributed by atoms with Gasteiger partial charge >= 0.3 is 0 Å². The standard InChI is InChI=1S/C25H32Cl2N2O2S/c1-6-23(25(31)28-16(2)3)29(13-19-7-8-21(26)22(27)12-19)24(30)15-32-14-20-10-17(4)9-18(5)11-20/h7-12,16,23H,6,13-15H2,1-5H3,(H,28,31)/t23-/m1/s1. The normalized spacial score (nSPS) is 12.0. The van der Waals surface area contributed by atoms with Crippen molar-refractivity contribution in [2.45, 2.75) is 65.4 Å². The molecule has 0 heterocycles. The highest BCUT2D eigenvalue weighted by molar-refractivity contribution is 7.99. The number of hydrogen-bond donors (Lipinski definition) is 1. The zero-order chi connectivity index (χ0) is 23.8. The van der Waals surface area contributed by atoms with E-state index in [2.05, 4.69) is 37.4 Å². The number of nitrogens with one attached hydrogen (secondary N) is 1. The van der Waals surface area contributed by atoms with Gasteiger partial charge in [-0.05, 0) is 57.4 Å². The fraction of sp³-hybridized carbons (Fsp3) is 0.440. The average molecular weight is 496 g/mol. The monoisotopic (exact) mass is 494 g/mol. The summed E-state index contributed by atoms with van der Waals surface area (Å²) in [5, 5.41) is 3.83. The van der Waals surface area contributed by atoms with Crippen LogP contribution < -0.4 is 5.32 Å². The Balaban J connectivity index is 2.18. The molecule has 0 aromatic heterocycles. The first-order chi connectivity index (χ1) is 15.1. The second kappa shape index (κ2) is 12.5. The molecule has 1 atom stereocenters. The molecular weight excluding hydrogens is 463 g/mol. The number of rotatable bonds is 10. The Morgan fingerprint density at radius 3 is 2.22 bits per heavy atom. The molecule has 0 aliphatic rings. The summed E-state index contributed by atoms with van der Waals surface area (Å²) in [5.41, 5.74) is 4.46. The maximum atomic E-state index is 13.3. The van der Waals surface area contributed by atoms with Crippen LogP contribution in [0.2, 0.25) is 10.0 Å². The van der Waals surface area contributed by atoms with Crippen molar-refractivity contribution < 1.29 is 9.59 Å². The van der Waals surface area contributed by atoms with Gasteiger partial charge in [-0.1, -0.05) is 65.5 Å². The van der Waals surface area contributed by atoms with Crippen LogP contribution in [0.3, 0.4) is 0 Å². The third-order valence-corrected chi connectivity index (χ3v) is 6.66. The SMILES string of the molecule is CC[C@H](C(=O)NC(C)C)N(Cc1ccc(Cl)c(Cl)c1)C(=O)CSCc1cc(C)cc(C)c1. The molecule has 0 spiro atoms. The summed E-state index contributed by atoms with van der Waals surface area (Å²) in [6.07, 6.45) is 0.521. The van der Waals surface area contributed by atoms with Crippen molar-refractivity contribution in [2.75, 3.05) is 5.75 Å². The minimum absolute atomic E-state index is 0.00240. The summed E-state index contributed by atoms with van der Waals surface area (Å²) in [6.45, 7) is 10.2. The molecule has 0 saturated carbocycles. The first-order valence-corrected chi connectivity index (χ1v) is 12.7. The molecule has 174 valence electrons. The number of carbonyl (C=O) groups is 2. The molecule has 0 radical (unpaired) electrons. The Kier molecular flexibility index (Phi) is 10.4. The van der Waals surface area contributed by atoms with E-state index in [4.69, 9.17) is 23.2 Å². The molecule has 0 aliphatic heterocycles. The molecule has 4 nitrogen and oxygen atoms in total. The number of halogens is 2. The summed E-state index contributed by atoms with van der Waals surface area (Å²) in [5.74, 6) is 0.815. The Morgan fingerprint density at radius 2 is 1.66 bits per heavy atom. The third kappa shape index (κ3) is 8.02. The molecule has 2 rings (SSSR count). The van der Waals surface area contributed by atoms with Crippen LogP contribution in [0.5, 0.6) is 0 Å². The van der Waals surface area contributed by atoms with Gasteiger partial charge in [-0.3, -0.25) is 9.59 Å². The van der Waals surface area contributed by atoms with Crippen LogP contribution in [-0.2, 0) is 21.9 Å². The van der Waals surface area contributed by atoms with Crippen LogP contribution in [0.1, 0.15) is 49.4 Å². The van der Waals surface area contributed by atoms with E-state index in [9.17, 15) is 9.59 Å². The maximum Gasteiger partial charge on any atom is 0.243 e. The van der Waals surface area contributed by atoms with Crippen LogP contribution in [0, 0.1) is 13.8 Å². The number of nitrogens with zero attached hydrogens (tertiary/aromatic N) is 1. The van der Waals surface area contributed by atoms with Gasteiger partial charge in [0.15, 0.2) is 0 Å². The predicted molar refractivity (Wildman–Crippen MR) is 136 cm³/mol. The van der Waals surface area contributed by atoms with E-state index in [1.54, 1.807) is 28.8 Å². The molecule has 32 heavy (non-hydrogen) atoms. The number of carbonyl (C=O) groups excluding carboxylic acids is 2. The smallest absolute Gasteiger partial charge is 0.243 e. The highest BCUT2D eigenvalue weighted by atomic mass is 35.5. The lowest BCUT2D eigenvalue weighted by Crippen LogP contribution is -2.50. The van der Waals surface area contributed by atoms with E-state index < -0.39 is 6.04 Å². The summed E-state index contributed by atoms with van der Waals surface area (Å²) in [7, 11) is 0. The number of hydrogen-bond acceptors (Lipinski definition) is 3. The summed E-state index contributed by atoms with van der Waals surface area (Å²) in [6, 6.07) is 11.2. The molecule has 2 amide bonds. The predicted octanol–water partition coefficient (Wildman–Crippen LogP) is 6.18. The van der Waals surface area contributed by atoms with Crippen LogP contribution in [0.4, 0.5) is 0 Å². The van der Waals surface area contributed by atoms with E-state index in [-0.39, 0.29) is 17.9 Å². The van der Waals surface area contributed by atoms with Crippen LogP contribution in [0.25, 0.3) is 0 Å². The fourth-order valence-corrected chi connectivity index (χ4v) is 4.79. The first-order valence-electron chi connectivity index (χ1n) is 10.8. The number of aryl methyl sites for hydroxylation is 2. The van der Waals surface area contributed by atoms with Gasteiger partial charge in [0, 0.05) is 18.3 Å². The van der Waals surface area contributed by atoms with Crippen LogP contribution in [-0.4, -0.2) is 34.6 Å². The van der Waals surface area contributed by atoms with Crippen molar-refractivity contribution in [1.82, 2.24) is 10.2 Å². The van der Waals surface area contributed by atoms with Crippen LogP contribution >= 0.6 is 35.0 Å². The van der Waals surface area contributed by atoms with Crippen molar-refractivity contribution >= 4 is 46.8 Å². The van der Waals surface area contributed by atoms with Gasteiger partial charge in [0.25, 0.3) is 0 Å². The van der Waals surface area contributed by atoms with Crippen LogP contribution in [0.15, 0.2) is 36.4 Å². The molecule has 7 heteroatoms. The molecule has 0 unspecified atom stereocenters. The first kappa shape index (κ1) is 26.6. The highest BCUT2D eigenvalue weighted by Crippen LogP contribution is 2.25. The Morgan fingerprint density at radius 1 is 1.00 bits per heavy atom. The summed E-state index contributed by atoms with van der Waals surface area (Å²) < 4.78 is 0. The second-order valence-electron chi connectivity index (χ2n) is 8.35. The average Bonchev–Trinajstić information content (AvgIpc) is 2.69. The summed E-state index contributed by atoms with van der Waals surface area (Å²) in [4.78, 5) is 27.8. The zero-order valence-electron chi connectivity index (χ0n) is 19.4. The molecule has 0 aliphatic carbocycles. The van der Waals surface area contributed by atoms with Gasteiger partial charge in [0.05, 0.1) is 15.8 Å². The molecule has 0 fully saturated rings. The highest BCUT2D eigenvalue weighted by Gasteiger charge is 2.29.